The van der Waals surface area contributed by atoms with Gasteiger partial charge in [-0.2, -0.15) is 0 Å². The Balaban J connectivity index is 2.25. The van der Waals surface area contributed by atoms with Crippen molar-refractivity contribution in [2.45, 2.75) is 6.04 Å². The fourth-order valence-corrected chi connectivity index (χ4v) is 1.37. The monoisotopic (exact) mass is 219 g/mol. The van der Waals surface area contributed by atoms with Gasteiger partial charge in [0.1, 0.15) is 0 Å². The number of aromatic nitrogens is 2. The summed E-state index contributed by atoms with van der Waals surface area (Å²) in [6.45, 7) is -0.320. The number of hydrogen-bond acceptors (Lipinski definition) is 5. The predicted octanol–water partition coefficient (Wildman–Crippen LogP) is 0.395. The molecule has 0 aliphatic carbocycles. The third-order valence-corrected chi connectivity index (χ3v) is 2.26. The van der Waals surface area contributed by atoms with Gasteiger partial charge in [-0.1, -0.05) is 18.2 Å². The predicted molar refractivity (Wildman–Crippen MR) is 61.1 cm³/mol. The molecule has 0 fully saturated rings. The van der Waals surface area contributed by atoms with Crippen molar-refractivity contribution in [3.63, 3.8) is 0 Å². The summed E-state index contributed by atoms with van der Waals surface area (Å²) in [6, 6.07) is 7.20. The van der Waals surface area contributed by atoms with Gasteiger partial charge in [-0.15, -0.1) is 0 Å². The Bertz CT molecular complexity index is 471. The Morgan fingerprint density at radius 3 is 2.69 bits per heavy atom. The molecular weight excluding hydrogens is 206 g/mol. The Kier molecular flexibility index (Phi) is 3.28. The van der Waals surface area contributed by atoms with E-state index in [9.17, 15) is 0 Å². The Hall–Kier alpha value is -1.72. The molecule has 3 N–H and O–H groups in total. The number of para-hydroxylation sites is 1. The van der Waals surface area contributed by atoms with Crippen molar-refractivity contribution in [3.05, 3.63) is 30.5 Å². The first kappa shape index (κ1) is 10.8. The zero-order chi connectivity index (χ0) is 11.4. The molecule has 16 heavy (non-hydrogen) atoms. The molecule has 0 aliphatic rings. The second-order valence-electron chi connectivity index (χ2n) is 3.46. The van der Waals surface area contributed by atoms with Crippen LogP contribution in [0.5, 0.6) is 0 Å². The van der Waals surface area contributed by atoms with E-state index in [0.29, 0.717) is 5.95 Å². The minimum atomic E-state index is -0.429. The Labute approximate surface area is 92.8 Å². The van der Waals surface area contributed by atoms with E-state index in [1.54, 1.807) is 6.20 Å². The Morgan fingerprint density at radius 2 is 1.94 bits per heavy atom. The smallest absolute Gasteiger partial charge is 0.223 e. The van der Waals surface area contributed by atoms with Crippen LogP contribution in [0.25, 0.3) is 10.9 Å². The first-order chi connectivity index (χ1) is 7.83. The average molecular weight is 219 g/mol. The molecule has 0 atom stereocenters. The number of rotatable bonds is 4. The molecule has 5 heteroatoms. The third kappa shape index (κ3) is 2.26. The molecule has 1 aromatic carbocycles. The van der Waals surface area contributed by atoms with Gasteiger partial charge in [0.25, 0.3) is 0 Å². The number of aliphatic hydroxyl groups excluding tert-OH is 2. The maximum absolute atomic E-state index is 8.92. The van der Waals surface area contributed by atoms with Crippen molar-refractivity contribution < 1.29 is 10.2 Å². The summed E-state index contributed by atoms with van der Waals surface area (Å²) in [4.78, 5) is 8.36. The van der Waals surface area contributed by atoms with Crippen molar-refractivity contribution in [3.8, 4) is 0 Å². The summed E-state index contributed by atoms with van der Waals surface area (Å²) in [7, 11) is 0. The maximum Gasteiger partial charge on any atom is 0.223 e. The van der Waals surface area contributed by atoms with Gasteiger partial charge in [0.2, 0.25) is 5.95 Å². The highest BCUT2D eigenvalue weighted by molar-refractivity contribution is 5.78. The minimum absolute atomic E-state index is 0.160. The van der Waals surface area contributed by atoms with E-state index in [0.717, 1.165) is 10.9 Å². The number of nitrogens with zero attached hydrogens (tertiary/aromatic N) is 2. The molecule has 0 amide bonds. The van der Waals surface area contributed by atoms with Crippen LogP contribution in [0.4, 0.5) is 5.95 Å². The summed E-state index contributed by atoms with van der Waals surface area (Å²) in [5.74, 6) is 0.409. The normalized spacial score (nSPS) is 10.9. The van der Waals surface area contributed by atoms with E-state index < -0.39 is 6.04 Å². The van der Waals surface area contributed by atoms with Gasteiger partial charge in [0.15, 0.2) is 0 Å². The lowest BCUT2D eigenvalue weighted by Crippen LogP contribution is -2.28. The first-order valence-electron chi connectivity index (χ1n) is 5.03. The molecule has 0 radical (unpaired) electrons. The highest BCUT2D eigenvalue weighted by Crippen LogP contribution is 2.11. The van der Waals surface area contributed by atoms with Gasteiger partial charge < -0.3 is 15.5 Å². The summed E-state index contributed by atoms with van der Waals surface area (Å²) in [5, 5.41) is 21.6. The standard InChI is InChI=1S/C11H13N3O2/c15-6-9(7-16)13-11-12-5-8-3-1-2-4-10(8)14-11/h1-5,9,15-16H,6-7H2,(H,12,13,14). The summed E-state index contributed by atoms with van der Waals surface area (Å²) >= 11 is 0. The first-order valence-corrected chi connectivity index (χ1v) is 5.03. The maximum atomic E-state index is 8.92. The SMILES string of the molecule is OCC(CO)Nc1ncc2ccccc2n1. The number of nitrogens with one attached hydrogen (secondary N) is 1. The largest absolute Gasteiger partial charge is 0.394 e. The highest BCUT2D eigenvalue weighted by atomic mass is 16.3. The van der Waals surface area contributed by atoms with Crippen LogP contribution in [0.3, 0.4) is 0 Å². The zero-order valence-electron chi connectivity index (χ0n) is 8.67. The molecule has 0 spiro atoms. The van der Waals surface area contributed by atoms with Gasteiger partial charge in [0.05, 0.1) is 24.8 Å². The van der Waals surface area contributed by atoms with E-state index in [1.165, 1.54) is 0 Å². The van der Waals surface area contributed by atoms with Crippen LogP contribution in [-0.2, 0) is 0 Å². The van der Waals surface area contributed by atoms with Crippen molar-refractivity contribution in [2.75, 3.05) is 18.5 Å². The number of hydrogen-bond donors (Lipinski definition) is 3. The van der Waals surface area contributed by atoms with Crippen molar-refractivity contribution in [2.24, 2.45) is 0 Å². The van der Waals surface area contributed by atoms with Crippen molar-refractivity contribution in [1.29, 1.82) is 0 Å². The van der Waals surface area contributed by atoms with E-state index >= 15 is 0 Å². The van der Waals surface area contributed by atoms with Crippen LogP contribution < -0.4 is 5.32 Å². The lowest BCUT2D eigenvalue weighted by molar-refractivity contribution is 0.203. The molecule has 0 unspecified atom stereocenters. The molecule has 0 saturated carbocycles. The van der Waals surface area contributed by atoms with Crippen LogP contribution in [0, 0.1) is 0 Å². The molecule has 1 heterocycles. The van der Waals surface area contributed by atoms with Crippen molar-refractivity contribution in [1.82, 2.24) is 9.97 Å². The number of fused-ring (bicyclic) bond motifs is 1. The van der Waals surface area contributed by atoms with Gasteiger partial charge in [-0.05, 0) is 6.07 Å². The van der Waals surface area contributed by atoms with Crippen LogP contribution in [0.2, 0.25) is 0 Å². The molecule has 2 aromatic rings. The number of benzene rings is 1. The average Bonchev–Trinajstić information content (AvgIpc) is 2.35. The second kappa shape index (κ2) is 4.87. The molecule has 5 nitrogen and oxygen atoms in total. The Morgan fingerprint density at radius 1 is 1.19 bits per heavy atom. The van der Waals surface area contributed by atoms with E-state index in [1.807, 2.05) is 24.3 Å². The zero-order valence-corrected chi connectivity index (χ0v) is 8.67. The molecule has 84 valence electrons. The summed E-state index contributed by atoms with van der Waals surface area (Å²) < 4.78 is 0. The van der Waals surface area contributed by atoms with Gasteiger partial charge in [-0.25, -0.2) is 9.97 Å². The van der Waals surface area contributed by atoms with E-state index in [-0.39, 0.29) is 13.2 Å². The van der Waals surface area contributed by atoms with Crippen LogP contribution in [0.15, 0.2) is 30.5 Å². The molecular formula is C11H13N3O2. The minimum Gasteiger partial charge on any atom is -0.394 e. The van der Waals surface area contributed by atoms with Crippen LogP contribution in [0.1, 0.15) is 0 Å². The molecule has 0 bridgehead atoms. The van der Waals surface area contributed by atoms with Gasteiger partial charge in [0, 0.05) is 11.6 Å². The lowest BCUT2D eigenvalue weighted by atomic mass is 10.2. The van der Waals surface area contributed by atoms with E-state index in [4.69, 9.17) is 10.2 Å². The fourth-order valence-electron chi connectivity index (χ4n) is 1.37. The van der Waals surface area contributed by atoms with Crippen molar-refractivity contribution >= 4 is 16.9 Å². The molecule has 2 rings (SSSR count). The summed E-state index contributed by atoms with van der Waals surface area (Å²) in [6.07, 6.45) is 1.70. The van der Waals surface area contributed by atoms with Crippen LogP contribution in [-0.4, -0.2) is 39.4 Å². The highest BCUT2D eigenvalue weighted by Gasteiger charge is 2.07. The topological polar surface area (TPSA) is 78.3 Å². The quantitative estimate of drug-likeness (QED) is 0.693. The lowest BCUT2D eigenvalue weighted by Gasteiger charge is -2.12. The third-order valence-electron chi connectivity index (χ3n) is 2.26. The summed E-state index contributed by atoms with van der Waals surface area (Å²) in [5.41, 5.74) is 0.828. The molecule has 1 aromatic heterocycles. The second-order valence-corrected chi connectivity index (χ2v) is 3.46. The van der Waals surface area contributed by atoms with Gasteiger partial charge in [-0.3, -0.25) is 0 Å². The molecule has 0 saturated heterocycles. The number of aliphatic hydroxyl groups is 2. The number of anilines is 1. The van der Waals surface area contributed by atoms with E-state index in [2.05, 4.69) is 15.3 Å². The fraction of sp³-hybridized carbons (Fsp3) is 0.273. The molecule has 0 aliphatic heterocycles. The van der Waals surface area contributed by atoms with Gasteiger partial charge >= 0.3 is 0 Å². The van der Waals surface area contributed by atoms with Crippen LogP contribution >= 0.6 is 0 Å².